The van der Waals surface area contributed by atoms with Gasteiger partial charge in [0.2, 0.25) is 0 Å². The first-order valence-corrected chi connectivity index (χ1v) is 7.26. The van der Waals surface area contributed by atoms with E-state index in [1.165, 1.54) is 24.3 Å². The van der Waals surface area contributed by atoms with Crippen LogP contribution in [-0.2, 0) is 6.42 Å². The van der Waals surface area contributed by atoms with E-state index in [-0.39, 0.29) is 12.2 Å². The highest BCUT2D eigenvalue weighted by Gasteiger charge is 2.14. The maximum Gasteiger partial charge on any atom is 0.168 e. The molecule has 0 spiro atoms. The van der Waals surface area contributed by atoms with Crippen LogP contribution in [-0.4, -0.2) is 5.78 Å². The fourth-order valence-corrected chi connectivity index (χ4v) is 2.76. The summed E-state index contributed by atoms with van der Waals surface area (Å²) in [6.07, 6.45) is -0.0409. The minimum Gasteiger partial charge on any atom is -0.294 e. The lowest BCUT2D eigenvalue weighted by atomic mass is 10.0. The van der Waals surface area contributed by atoms with Gasteiger partial charge in [-0.3, -0.25) is 4.79 Å². The van der Waals surface area contributed by atoms with Gasteiger partial charge in [0.1, 0.15) is 11.6 Å². The Kier molecular flexibility index (Phi) is 4.67. The topological polar surface area (TPSA) is 17.1 Å². The van der Waals surface area contributed by atoms with Crippen molar-refractivity contribution >= 4 is 44.3 Å². The lowest BCUT2D eigenvalue weighted by molar-refractivity contribution is 0.0991. The zero-order chi connectivity index (χ0) is 14.0. The summed E-state index contributed by atoms with van der Waals surface area (Å²) in [6.45, 7) is 0. The number of rotatable bonds is 3. The van der Waals surface area contributed by atoms with Gasteiger partial charge in [0.05, 0.1) is 0 Å². The van der Waals surface area contributed by atoms with Crippen molar-refractivity contribution in [2.45, 2.75) is 6.42 Å². The minimum absolute atomic E-state index is 0.0409. The molecule has 98 valence electrons. The molecule has 0 atom stereocenters. The Hall–Kier alpha value is -0.820. The van der Waals surface area contributed by atoms with Crippen molar-refractivity contribution in [3.8, 4) is 0 Å². The molecule has 1 nitrogen and oxygen atoms in total. The third kappa shape index (κ3) is 3.60. The lowest BCUT2D eigenvalue weighted by Gasteiger charge is -2.05. The molecule has 0 aliphatic rings. The molecule has 0 radical (unpaired) electrons. The molecular weight excluding hydrogens is 429 g/mol. The van der Waals surface area contributed by atoms with Crippen molar-refractivity contribution in [1.82, 2.24) is 0 Å². The molecule has 2 rings (SSSR count). The predicted octanol–water partition coefficient (Wildman–Crippen LogP) is 4.76. The molecule has 0 aliphatic carbocycles. The number of hydrogen-bond donors (Lipinski definition) is 0. The number of ketones is 1. The average molecular weight is 437 g/mol. The SMILES string of the molecule is O=C(Cc1ccc(Br)cc1F)c1ccc(F)cc1I. The zero-order valence-electron chi connectivity index (χ0n) is 9.59. The lowest BCUT2D eigenvalue weighted by Crippen LogP contribution is -2.07. The normalized spacial score (nSPS) is 10.5. The second-order valence-corrected chi connectivity index (χ2v) is 6.04. The smallest absolute Gasteiger partial charge is 0.168 e. The van der Waals surface area contributed by atoms with Crippen molar-refractivity contribution in [2.24, 2.45) is 0 Å². The summed E-state index contributed by atoms with van der Waals surface area (Å²) in [4.78, 5) is 12.1. The van der Waals surface area contributed by atoms with Crippen molar-refractivity contribution in [2.75, 3.05) is 0 Å². The van der Waals surface area contributed by atoms with Crippen molar-refractivity contribution in [3.63, 3.8) is 0 Å². The number of hydrogen-bond acceptors (Lipinski definition) is 1. The third-order valence-electron chi connectivity index (χ3n) is 2.60. The number of halogens is 4. The van der Waals surface area contributed by atoms with E-state index >= 15 is 0 Å². The van der Waals surface area contributed by atoms with Crippen molar-refractivity contribution in [1.29, 1.82) is 0 Å². The van der Waals surface area contributed by atoms with Gasteiger partial charge < -0.3 is 0 Å². The van der Waals surface area contributed by atoms with Crippen LogP contribution in [0.25, 0.3) is 0 Å². The summed E-state index contributed by atoms with van der Waals surface area (Å²) in [5.41, 5.74) is 0.734. The largest absolute Gasteiger partial charge is 0.294 e. The van der Waals surface area contributed by atoms with Crippen LogP contribution in [0.15, 0.2) is 40.9 Å². The highest BCUT2D eigenvalue weighted by Crippen LogP contribution is 2.19. The minimum atomic E-state index is -0.431. The highest BCUT2D eigenvalue weighted by atomic mass is 127. The average Bonchev–Trinajstić information content (AvgIpc) is 2.32. The molecule has 19 heavy (non-hydrogen) atoms. The van der Waals surface area contributed by atoms with E-state index in [1.54, 1.807) is 12.1 Å². The van der Waals surface area contributed by atoms with Crippen molar-refractivity contribution in [3.05, 3.63) is 67.2 Å². The molecule has 0 amide bonds. The number of Topliss-reactive ketones (excluding diaryl/α,β-unsaturated/α-hetero) is 1. The molecule has 0 aromatic heterocycles. The summed E-state index contributed by atoms with van der Waals surface area (Å²) in [7, 11) is 0. The van der Waals surface area contributed by atoms with Gasteiger partial charge in [-0.15, -0.1) is 0 Å². The fourth-order valence-electron chi connectivity index (χ4n) is 1.65. The van der Waals surface area contributed by atoms with Gasteiger partial charge in [0, 0.05) is 20.0 Å². The van der Waals surface area contributed by atoms with E-state index in [0.717, 1.165) is 0 Å². The van der Waals surface area contributed by atoms with Crippen LogP contribution < -0.4 is 0 Å². The van der Waals surface area contributed by atoms with E-state index < -0.39 is 11.6 Å². The summed E-state index contributed by atoms with van der Waals surface area (Å²) in [5.74, 6) is -1.05. The second-order valence-electron chi connectivity index (χ2n) is 3.96. The maximum absolute atomic E-state index is 13.6. The standard InChI is InChI=1S/C14H8BrF2IO/c15-9-2-1-8(12(17)6-9)5-14(19)11-4-3-10(16)7-13(11)18/h1-4,6-7H,5H2. The Morgan fingerprint density at radius 3 is 2.53 bits per heavy atom. The van der Waals surface area contributed by atoms with Gasteiger partial charge in [-0.05, 0) is 58.5 Å². The zero-order valence-corrected chi connectivity index (χ0v) is 13.3. The number of benzene rings is 2. The van der Waals surface area contributed by atoms with Crippen LogP contribution in [0.2, 0.25) is 0 Å². The Labute approximate surface area is 131 Å². The molecule has 0 N–H and O–H groups in total. The van der Waals surface area contributed by atoms with E-state index in [1.807, 2.05) is 22.6 Å². The van der Waals surface area contributed by atoms with Gasteiger partial charge in [-0.1, -0.05) is 22.0 Å². The quantitative estimate of drug-likeness (QED) is 0.501. The van der Waals surface area contributed by atoms with Gasteiger partial charge in [0.25, 0.3) is 0 Å². The van der Waals surface area contributed by atoms with Crippen LogP contribution in [0.5, 0.6) is 0 Å². The number of carbonyl (C=O) groups excluding carboxylic acids is 1. The number of carbonyl (C=O) groups is 1. The molecule has 0 saturated carbocycles. The van der Waals surface area contributed by atoms with Crippen LogP contribution >= 0.6 is 38.5 Å². The molecule has 5 heteroatoms. The second kappa shape index (κ2) is 6.09. The molecule has 0 unspecified atom stereocenters. The third-order valence-corrected chi connectivity index (χ3v) is 3.98. The fraction of sp³-hybridized carbons (Fsp3) is 0.0714. The van der Waals surface area contributed by atoms with E-state index in [4.69, 9.17) is 0 Å². The Balaban J connectivity index is 2.25. The molecule has 0 bridgehead atoms. The van der Waals surface area contributed by atoms with Crippen LogP contribution in [0.4, 0.5) is 8.78 Å². The first-order chi connectivity index (χ1) is 8.97. The summed E-state index contributed by atoms with van der Waals surface area (Å²) >= 11 is 5.06. The first kappa shape index (κ1) is 14.6. The van der Waals surface area contributed by atoms with Gasteiger partial charge in [-0.2, -0.15) is 0 Å². The highest BCUT2D eigenvalue weighted by molar-refractivity contribution is 14.1. The molecular formula is C14H8BrF2IO. The van der Waals surface area contributed by atoms with Crippen LogP contribution in [0.3, 0.4) is 0 Å². The van der Waals surface area contributed by atoms with Crippen molar-refractivity contribution < 1.29 is 13.6 Å². The summed E-state index contributed by atoms with van der Waals surface area (Å²) in [5, 5.41) is 0. The summed E-state index contributed by atoms with van der Waals surface area (Å²) < 4.78 is 27.8. The molecule has 0 saturated heterocycles. The Bertz CT molecular complexity index is 643. The molecule has 0 fully saturated rings. The van der Waals surface area contributed by atoms with Gasteiger partial charge >= 0.3 is 0 Å². The molecule has 2 aromatic carbocycles. The van der Waals surface area contributed by atoms with Gasteiger partial charge in [-0.25, -0.2) is 8.78 Å². The van der Waals surface area contributed by atoms with Crippen LogP contribution in [0, 0.1) is 15.2 Å². The molecule has 2 aromatic rings. The maximum atomic E-state index is 13.6. The predicted molar refractivity (Wildman–Crippen MR) is 81.3 cm³/mol. The molecule has 0 heterocycles. The van der Waals surface area contributed by atoms with Crippen LogP contribution in [0.1, 0.15) is 15.9 Å². The van der Waals surface area contributed by atoms with E-state index in [0.29, 0.717) is 19.2 Å². The van der Waals surface area contributed by atoms with Gasteiger partial charge in [0.15, 0.2) is 5.78 Å². The van der Waals surface area contributed by atoms with E-state index in [9.17, 15) is 13.6 Å². The first-order valence-electron chi connectivity index (χ1n) is 5.39. The Morgan fingerprint density at radius 2 is 1.89 bits per heavy atom. The molecule has 0 aliphatic heterocycles. The summed E-state index contributed by atoms with van der Waals surface area (Å²) in [6, 6.07) is 8.50. The Morgan fingerprint density at radius 1 is 1.16 bits per heavy atom. The van der Waals surface area contributed by atoms with E-state index in [2.05, 4.69) is 15.9 Å². The monoisotopic (exact) mass is 436 g/mol.